The molecule has 0 saturated heterocycles. The van der Waals surface area contributed by atoms with Crippen molar-refractivity contribution in [1.82, 2.24) is 25.4 Å². The number of aromatic nitrogens is 3. The first kappa shape index (κ1) is 24.8. The van der Waals surface area contributed by atoms with Gasteiger partial charge < -0.3 is 20.3 Å². The molecule has 2 atom stereocenters. The fourth-order valence-corrected chi connectivity index (χ4v) is 3.09. The second-order valence-corrected chi connectivity index (χ2v) is 7.31. The second kappa shape index (κ2) is 12.4. The van der Waals surface area contributed by atoms with E-state index in [1.54, 1.807) is 0 Å². The lowest BCUT2D eigenvalue weighted by Crippen LogP contribution is -2.39. The first-order valence-electron chi connectivity index (χ1n) is 10.2. The van der Waals surface area contributed by atoms with Gasteiger partial charge in [-0.2, -0.15) is 0 Å². The van der Waals surface area contributed by atoms with Crippen molar-refractivity contribution in [1.29, 1.82) is 0 Å². The van der Waals surface area contributed by atoms with Crippen LogP contribution in [0.4, 0.5) is 0 Å². The van der Waals surface area contributed by atoms with E-state index >= 15 is 0 Å². The molecule has 3 rings (SSSR count). The van der Waals surface area contributed by atoms with Crippen LogP contribution in [0.1, 0.15) is 48.3 Å². The maximum absolute atomic E-state index is 10.4. The van der Waals surface area contributed by atoms with E-state index in [0.29, 0.717) is 25.5 Å². The fourth-order valence-electron chi connectivity index (χ4n) is 3.09. The molecule has 3 aromatic rings. The highest BCUT2D eigenvalue weighted by Crippen LogP contribution is 2.15. The standard InChI is InChI=1S/C23H30N6O.HI/c1-17(19-10-6-4-7-11-19)26-23(25-16-22-28-27-18(2)29(22)3)24-15-14-21(30)20-12-8-5-9-13-20;/h4-13,17,21,30H,14-16H2,1-3H3,(H2,24,25,26);1H. The number of aliphatic hydroxyl groups is 1. The van der Waals surface area contributed by atoms with Gasteiger partial charge in [0.2, 0.25) is 0 Å². The maximum atomic E-state index is 10.4. The van der Waals surface area contributed by atoms with Gasteiger partial charge in [0.15, 0.2) is 11.8 Å². The van der Waals surface area contributed by atoms with Crippen LogP contribution < -0.4 is 10.6 Å². The third-order valence-electron chi connectivity index (χ3n) is 5.11. The molecule has 0 aliphatic heterocycles. The molecule has 8 heteroatoms. The number of aliphatic imine (C=N–C) groups is 1. The van der Waals surface area contributed by atoms with E-state index in [1.807, 2.05) is 67.1 Å². The average Bonchev–Trinajstić information content (AvgIpc) is 3.10. The van der Waals surface area contributed by atoms with Gasteiger partial charge in [0.05, 0.1) is 12.1 Å². The third-order valence-corrected chi connectivity index (χ3v) is 5.11. The Morgan fingerprint density at radius 3 is 2.23 bits per heavy atom. The topological polar surface area (TPSA) is 87.4 Å². The lowest BCUT2D eigenvalue weighted by molar-refractivity contribution is 0.168. The summed E-state index contributed by atoms with van der Waals surface area (Å²) < 4.78 is 1.93. The number of hydrogen-bond acceptors (Lipinski definition) is 4. The van der Waals surface area contributed by atoms with E-state index in [0.717, 1.165) is 17.2 Å². The molecule has 0 aliphatic carbocycles. The van der Waals surface area contributed by atoms with Crippen molar-refractivity contribution < 1.29 is 5.11 Å². The van der Waals surface area contributed by atoms with Crippen LogP contribution >= 0.6 is 24.0 Å². The molecule has 0 fully saturated rings. The van der Waals surface area contributed by atoms with Gasteiger partial charge in [-0.05, 0) is 31.4 Å². The number of nitrogens with zero attached hydrogens (tertiary/aromatic N) is 4. The SMILES string of the molecule is Cc1nnc(CN=C(NCCC(O)c2ccccc2)NC(C)c2ccccc2)n1C.I. The molecular weight excluding hydrogens is 503 g/mol. The second-order valence-electron chi connectivity index (χ2n) is 7.31. The molecule has 0 spiro atoms. The molecule has 0 saturated carbocycles. The van der Waals surface area contributed by atoms with Crippen molar-refractivity contribution in [3.05, 3.63) is 83.4 Å². The van der Waals surface area contributed by atoms with Crippen molar-refractivity contribution in [2.24, 2.45) is 12.0 Å². The third kappa shape index (κ3) is 7.32. The molecule has 0 bridgehead atoms. The van der Waals surface area contributed by atoms with E-state index in [-0.39, 0.29) is 30.0 Å². The quantitative estimate of drug-likeness (QED) is 0.233. The van der Waals surface area contributed by atoms with E-state index < -0.39 is 6.10 Å². The monoisotopic (exact) mass is 534 g/mol. The summed E-state index contributed by atoms with van der Waals surface area (Å²) in [6.07, 6.45) is 0.0564. The van der Waals surface area contributed by atoms with Crippen LogP contribution in [0.25, 0.3) is 0 Å². The molecule has 1 heterocycles. The van der Waals surface area contributed by atoms with Crippen LogP contribution in [0.15, 0.2) is 65.7 Å². The van der Waals surface area contributed by atoms with Crippen LogP contribution in [-0.4, -0.2) is 32.4 Å². The zero-order chi connectivity index (χ0) is 21.3. The van der Waals surface area contributed by atoms with Crippen molar-refractivity contribution in [3.8, 4) is 0 Å². The van der Waals surface area contributed by atoms with Gasteiger partial charge in [0.1, 0.15) is 12.4 Å². The van der Waals surface area contributed by atoms with Crippen molar-refractivity contribution >= 4 is 29.9 Å². The molecular formula is C23H31IN6O. The van der Waals surface area contributed by atoms with E-state index in [1.165, 1.54) is 5.56 Å². The van der Waals surface area contributed by atoms with Gasteiger partial charge in [-0.15, -0.1) is 34.2 Å². The minimum absolute atomic E-state index is 0. The molecule has 0 aliphatic rings. The first-order chi connectivity index (χ1) is 14.5. The molecule has 0 amide bonds. The average molecular weight is 534 g/mol. The maximum Gasteiger partial charge on any atom is 0.192 e. The number of aliphatic hydroxyl groups excluding tert-OH is 1. The summed E-state index contributed by atoms with van der Waals surface area (Å²) in [4.78, 5) is 4.69. The van der Waals surface area contributed by atoms with Crippen LogP contribution in [0, 0.1) is 6.92 Å². The highest BCUT2D eigenvalue weighted by Gasteiger charge is 2.11. The molecule has 2 unspecified atom stereocenters. The summed E-state index contributed by atoms with van der Waals surface area (Å²) in [6.45, 7) is 5.01. The lowest BCUT2D eigenvalue weighted by Gasteiger charge is -2.19. The van der Waals surface area contributed by atoms with Crippen molar-refractivity contribution in [2.75, 3.05) is 6.54 Å². The Balaban J connectivity index is 0.00000341. The van der Waals surface area contributed by atoms with Crippen molar-refractivity contribution in [3.63, 3.8) is 0 Å². The Morgan fingerprint density at radius 1 is 1.03 bits per heavy atom. The number of hydrogen-bond donors (Lipinski definition) is 3. The van der Waals surface area contributed by atoms with Crippen LogP contribution in [0.5, 0.6) is 0 Å². The Bertz CT molecular complexity index is 945. The number of rotatable bonds is 8. The Kier molecular flexibility index (Phi) is 9.93. The highest BCUT2D eigenvalue weighted by molar-refractivity contribution is 14.0. The van der Waals surface area contributed by atoms with E-state index in [9.17, 15) is 5.11 Å². The number of halogens is 1. The largest absolute Gasteiger partial charge is 0.388 e. The minimum Gasteiger partial charge on any atom is -0.388 e. The highest BCUT2D eigenvalue weighted by atomic mass is 127. The van der Waals surface area contributed by atoms with Gasteiger partial charge in [0, 0.05) is 13.6 Å². The van der Waals surface area contributed by atoms with E-state index in [4.69, 9.17) is 4.99 Å². The molecule has 166 valence electrons. The number of aryl methyl sites for hydroxylation is 1. The smallest absolute Gasteiger partial charge is 0.192 e. The van der Waals surface area contributed by atoms with Gasteiger partial charge in [-0.1, -0.05) is 60.7 Å². The molecule has 1 aromatic heterocycles. The lowest BCUT2D eigenvalue weighted by atomic mass is 10.1. The van der Waals surface area contributed by atoms with Crippen LogP contribution in [0.2, 0.25) is 0 Å². The van der Waals surface area contributed by atoms with Gasteiger partial charge >= 0.3 is 0 Å². The first-order valence-corrected chi connectivity index (χ1v) is 10.2. The van der Waals surface area contributed by atoms with Crippen LogP contribution in [-0.2, 0) is 13.6 Å². The zero-order valence-corrected chi connectivity index (χ0v) is 20.5. The fraction of sp³-hybridized carbons (Fsp3) is 0.348. The summed E-state index contributed by atoms with van der Waals surface area (Å²) in [6, 6.07) is 20.0. The Morgan fingerprint density at radius 2 is 1.65 bits per heavy atom. The molecule has 7 nitrogen and oxygen atoms in total. The number of benzene rings is 2. The zero-order valence-electron chi connectivity index (χ0n) is 18.2. The number of nitrogens with one attached hydrogen (secondary N) is 2. The molecule has 3 N–H and O–H groups in total. The summed E-state index contributed by atoms with van der Waals surface area (Å²) in [5.74, 6) is 2.32. The predicted molar refractivity (Wildman–Crippen MR) is 134 cm³/mol. The molecule has 2 aromatic carbocycles. The Labute approximate surface area is 201 Å². The number of guanidine groups is 1. The normalized spacial score (nSPS) is 13.2. The summed E-state index contributed by atoms with van der Waals surface area (Å²) >= 11 is 0. The van der Waals surface area contributed by atoms with Gasteiger partial charge in [0.25, 0.3) is 0 Å². The molecule has 0 radical (unpaired) electrons. The van der Waals surface area contributed by atoms with Gasteiger partial charge in [-0.3, -0.25) is 0 Å². The Hall–Kier alpha value is -2.46. The van der Waals surface area contributed by atoms with Crippen LogP contribution in [0.3, 0.4) is 0 Å². The van der Waals surface area contributed by atoms with E-state index in [2.05, 4.69) is 39.9 Å². The molecule has 31 heavy (non-hydrogen) atoms. The summed E-state index contributed by atoms with van der Waals surface area (Å²) in [5, 5.41) is 25.5. The van der Waals surface area contributed by atoms with Gasteiger partial charge in [-0.25, -0.2) is 4.99 Å². The summed E-state index contributed by atoms with van der Waals surface area (Å²) in [5.41, 5.74) is 2.09. The van der Waals surface area contributed by atoms with Crippen molar-refractivity contribution in [2.45, 2.75) is 39.0 Å². The summed E-state index contributed by atoms with van der Waals surface area (Å²) in [7, 11) is 1.93. The predicted octanol–water partition coefficient (Wildman–Crippen LogP) is 3.66. The minimum atomic E-state index is -0.520.